The van der Waals surface area contributed by atoms with E-state index in [0.29, 0.717) is 16.5 Å². The summed E-state index contributed by atoms with van der Waals surface area (Å²) in [5, 5.41) is 0.618. The smallest absolute Gasteiger partial charge is 0.161 e. The van der Waals surface area contributed by atoms with Crippen LogP contribution in [0.3, 0.4) is 0 Å². The standard InChI is InChI=1S/C14H20ClNO/c15-12-9-6-10-13(16)14(12)17-11-7-4-2-1-3-5-8-11/h6,9-11H,1-5,7-8,16H2. The Balaban J connectivity index is 2.03. The number of halogens is 1. The van der Waals surface area contributed by atoms with Crippen molar-refractivity contribution in [3.05, 3.63) is 23.2 Å². The number of ether oxygens (including phenoxy) is 1. The third kappa shape index (κ3) is 3.53. The molecule has 0 unspecified atom stereocenters. The molecule has 0 aliphatic heterocycles. The first-order chi connectivity index (χ1) is 8.27. The van der Waals surface area contributed by atoms with E-state index in [2.05, 4.69) is 0 Å². The lowest BCUT2D eigenvalue weighted by Crippen LogP contribution is -2.18. The van der Waals surface area contributed by atoms with Crippen molar-refractivity contribution in [1.82, 2.24) is 0 Å². The Labute approximate surface area is 108 Å². The number of rotatable bonds is 2. The van der Waals surface area contributed by atoms with Crippen LogP contribution in [0.5, 0.6) is 5.75 Å². The van der Waals surface area contributed by atoms with Crippen molar-refractivity contribution >= 4 is 17.3 Å². The van der Waals surface area contributed by atoms with Gasteiger partial charge in [0.25, 0.3) is 0 Å². The minimum atomic E-state index is 0.275. The molecule has 1 aromatic carbocycles. The molecule has 94 valence electrons. The van der Waals surface area contributed by atoms with Gasteiger partial charge < -0.3 is 10.5 Å². The van der Waals surface area contributed by atoms with Gasteiger partial charge in [-0.15, -0.1) is 0 Å². The van der Waals surface area contributed by atoms with Crippen LogP contribution in [-0.2, 0) is 0 Å². The molecule has 1 aliphatic carbocycles. The number of hydrogen-bond donors (Lipinski definition) is 1. The summed E-state index contributed by atoms with van der Waals surface area (Å²) in [4.78, 5) is 0. The molecule has 0 heterocycles. The molecule has 0 spiro atoms. The van der Waals surface area contributed by atoms with Crippen LogP contribution in [0.2, 0.25) is 5.02 Å². The summed E-state index contributed by atoms with van der Waals surface area (Å²) in [6.45, 7) is 0. The number of nitrogens with two attached hydrogens (primary N) is 1. The van der Waals surface area contributed by atoms with Gasteiger partial charge in [-0.25, -0.2) is 0 Å². The van der Waals surface area contributed by atoms with E-state index >= 15 is 0 Å². The third-order valence-electron chi connectivity index (χ3n) is 3.33. The maximum Gasteiger partial charge on any atom is 0.161 e. The normalized spacial score (nSPS) is 18.4. The molecule has 17 heavy (non-hydrogen) atoms. The first-order valence-corrected chi connectivity index (χ1v) is 6.86. The first kappa shape index (κ1) is 12.6. The molecule has 1 fully saturated rings. The van der Waals surface area contributed by atoms with Crippen LogP contribution in [0, 0.1) is 0 Å². The number of anilines is 1. The van der Waals surface area contributed by atoms with Crippen molar-refractivity contribution < 1.29 is 4.74 Å². The second-order valence-corrected chi connectivity index (χ2v) is 5.15. The van der Waals surface area contributed by atoms with Gasteiger partial charge in [-0.3, -0.25) is 0 Å². The summed E-state index contributed by atoms with van der Waals surface area (Å²) in [6.07, 6.45) is 8.99. The lowest BCUT2D eigenvalue weighted by Gasteiger charge is -2.22. The van der Waals surface area contributed by atoms with Gasteiger partial charge in [-0.1, -0.05) is 36.9 Å². The molecule has 0 radical (unpaired) electrons. The topological polar surface area (TPSA) is 35.2 Å². The van der Waals surface area contributed by atoms with Crippen LogP contribution in [0.1, 0.15) is 44.9 Å². The zero-order valence-corrected chi connectivity index (χ0v) is 10.9. The first-order valence-electron chi connectivity index (χ1n) is 6.48. The monoisotopic (exact) mass is 253 g/mol. The van der Waals surface area contributed by atoms with Crippen LogP contribution in [0.25, 0.3) is 0 Å². The Bertz CT molecular complexity index is 339. The molecular weight excluding hydrogens is 234 g/mol. The minimum Gasteiger partial charge on any atom is -0.487 e. The van der Waals surface area contributed by atoms with Gasteiger partial charge in [0.05, 0.1) is 16.8 Å². The van der Waals surface area contributed by atoms with E-state index in [1.165, 1.54) is 32.1 Å². The highest BCUT2D eigenvalue weighted by Gasteiger charge is 2.15. The van der Waals surface area contributed by atoms with Crippen LogP contribution in [0.15, 0.2) is 18.2 Å². The zero-order valence-electron chi connectivity index (χ0n) is 10.1. The van der Waals surface area contributed by atoms with E-state index in [1.54, 1.807) is 0 Å². The van der Waals surface area contributed by atoms with Gasteiger partial charge in [0.15, 0.2) is 5.75 Å². The number of hydrogen-bond acceptors (Lipinski definition) is 2. The van der Waals surface area contributed by atoms with Gasteiger partial charge in [-0.05, 0) is 37.8 Å². The Kier molecular flexibility index (Phi) is 4.55. The van der Waals surface area contributed by atoms with E-state index in [9.17, 15) is 0 Å². The second-order valence-electron chi connectivity index (χ2n) is 4.74. The van der Waals surface area contributed by atoms with Gasteiger partial charge in [-0.2, -0.15) is 0 Å². The van der Waals surface area contributed by atoms with Crippen molar-refractivity contribution in [3.63, 3.8) is 0 Å². The molecule has 0 amide bonds. The fraction of sp³-hybridized carbons (Fsp3) is 0.571. The molecule has 2 N–H and O–H groups in total. The van der Waals surface area contributed by atoms with E-state index < -0.39 is 0 Å². The molecule has 2 nitrogen and oxygen atoms in total. The van der Waals surface area contributed by atoms with Crippen LogP contribution < -0.4 is 10.5 Å². The van der Waals surface area contributed by atoms with E-state index in [1.807, 2.05) is 18.2 Å². The van der Waals surface area contributed by atoms with Gasteiger partial charge in [0.1, 0.15) is 0 Å². The molecule has 0 saturated heterocycles. The average Bonchev–Trinajstić information content (AvgIpc) is 2.26. The number of benzene rings is 1. The molecule has 0 bridgehead atoms. The van der Waals surface area contributed by atoms with E-state index in [0.717, 1.165) is 12.8 Å². The summed E-state index contributed by atoms with van der Waals surface area (Å²) in [5.41, 5.74) is 6.54. The summed E-state index contributed by atoms with van der Waals surface area (Å²) in [7, 11) is 0. The van der Waals surface area contributed by atoms with Crippen molar-refractivity contribution in [2.24, 2.45) is 0 Å². The molecule has 1 aromatic rings. The lowest BCUT2D eigenvalue weighted by atomic mass is 9.98. The maximum absolute atomic E-state index is 6.12. The highest BCUT2D eigenvalue weighted by molar-refractivity contribution is 6.32. The Morgan fingerprint density at radius 2 is 1.71 bits per heavy atom. The third-order valence-corrected chi connectivity index (χ3v) is 3.63. The number of para-hydroxylation sites is 1. The maximum atomic E-state index is 6.12. The predicted molar refractivity (Wildman–Crippen MR) is 72.6 cm³/mol. The Morgan fingerprint density at radius 3 is 2.35 bits per heavy atom. The van der Waals surface area contributed by atoms with E-state index in [-0.39, 0.29) is 6.10 Å². The summed E-state index contributed by atoms with van der Waals surface area (Å²) in [6, 6.07) is 5.52. The molecule has 2 rings (SSSR count). The molecule has 1 saturated carbocycles. The molecule has 0 atom stereocenters. The molecular formula is C14H20ClNO. The van der Waals surface area contributed by atoms with Crippen molar-refractivity contribution in [3.8, 4) is 5.75 Å². The van der Waals surface area contributed by atoms with Crippen LogP contribution >= 0.6 is 11.6 Å². The summed E-state index contributed by atoms with van der Waals surface area (Å²) >= 11 is 6.12. The van der Waals surface area contributed by atoms with Crippen molar-refractivity contribution in [2.75, 3.05) is 5.73 Å². The van der Waals surface area contributed by atoms with E-state index in [4.69, 9.17) is 22.1 Å². The molecule has 3 heteroatoms. The molecule has 0 aromatic heterocycles. The quantitative estimate of drug-likeness (QED) is 0.792. The van der Waals surface area contributed by atoms with Crippen LogP contribution in [0.4, 0.5) is 5.69 Å². The average molecular weight is 254 g/mol. The SMILES string of the molecule is Nc1cccc(Cl)c1OC1CCCCCCC1. The van der Waals surface area contributed by atoms with Crippen LogP contribution in [-0.4, -0.2) is 6.10 Å². The summed E-state index contributed by atoms with van der Waals surface area (Å²) in [5.74, 6) is 0.666. The van der Waals surface area contributed by atoms with Crippen molar-refractivity contribution in [1.29, 1.82) is 0 Å². The zero-order chi connectivity index (χ0) is 12.1. The lowest BCUT2D eigenvalue weighted by molar-refractivity contribution is 0.168. The predicted octanol–water partition coefficient (Wildman–Crippen LogP) is 4.41. The molecule has 1 aliphatic rings. The van der Waals surface area contributed by atoms with Gasteiger partial charge in [0, 0.05) is 0 Å². The van der Waals surface area contributed by atoms with Gasteiger partial charge in [0.2, 0.25) is 0 Å². The fourth-order valence-corrected chi connectivity index (χ4v) is 2.58. The highest BCUT2D eigenvalue weighted by Crippen LogP contribution is 2.33. The highest BCUT2D eigenvalue weighted by atomic mass is 35.5. The largest absolute Gasteiger partial charge is 0.487 e. The van der Waals surface area contributed by atoms with Gasteiger partial charge >= 0.3 is 0 Å². The fourth-order valence-electron chi connectivity index (χ4n) is 2.35. The second kappa shape index (κ2) is 6.15. The minimum absolute atomic E-state index is 0.275. The van der Waals surface area contributed by atoms with Crippen molar-refractivity contribution in [2.45, 2.75) is 51.0 Å². The number of nitrogen functional groups attached to an aromatic ring is 1. The Hall–Kier alpha value is -0.890. The Morgan fingerprint density at radius 1 is 1.06 bits per heavy atom. The summed E-state index contributed by atoms with van der Waals surface area (Å²) < 4.78 is 6.00.